The molecule has 0 radical (unpaired) electrons. The topological polar surface area (TPSA) is 77.5 Å². The standard InChI is InChI=1S/C20H29N7O/c1-3-25(4-2)20(28)27-14-12-26(13-15-27)19-23-16-22-18(24-19)21-11-10-17-8-6-5-7-9-17/h5-9,16H,3-4,10-15H2,1-2H3,(H,21,22,23,24). The Hall–Kier alpha value is -2.90. The van der Waals surface area contributed by atoms with Crippen LogP contribution < -0.4 is 10.2 Å². The van der Waals surface area contributed by atoms with Crippen molar-refractivity contribution in [2.75, 3.05) is 56.0 Å². The number of carbonyl (C=O) groups is 1. The summed E-state index contributed by atoms with van der Waals surface area (Å²) in [5.41, 5.74) is 1.28. The van der Waals surface area contributed by atoms with Crippen molar-refractivity contribution in [1.82, 2.24) is 24.8 Å². The molecule has 1 aromatic heterocycles. The van der Waals surface area contributed by atoms with Crippen LogP contribution in [-0.2, 0) is 6.42 Å². The van der Waals surface area contributed by atoms with E-state index in [2.05, 4.69) is 37.3 Å². The van der Waals surface area contributed by atoms with Gasteiger partial charge in [0.05, 0.1) is 0 Å². The van der Waals surface area contributed by atoms with E-state index in [1.165, 1.54) is 5.56 Å². The first-order valence-electron chi connectivity index (χ1n) is 9.97. The van der Waals surface area contributed by atoms with Gasteiger partial charge in [-0.05, 0) is 25.8 Å². The van der Waals surface area contributed by atoms with E-state index in [-0.39, 0.29) is 6.03 Å². The largest absolute Gasteiger partial charge is 0.354 e. The third-order valence-electron chi connectivity index (χ3n) is 4.97. The Labute approximate surface area is 166 Å². The molecule has 1 N–H and O–H groups in total. The smallest absolute Gasteiger partial charge is 0.320 e. The Kier molecular flexibility index (Phi) is 7.00. The molecule has 1 fully saturated rings. The number of anilines is 2. The van der Waals surface area contributed by atoms with Crippen molar-refractivity contribution in [3.8, 4) is 0 Å². The number of urea groups is 1. The van der Waals surface area contributed by atoms with Crippen LogP contribution in [0, 0.1) is 0 Å². The van der Waals surface area contributed by atoms with Crippen molar-refractivity contribution in [2.45, 2.75) is 20.3 Å². The van der Waals surface area contributed by atoms with Crippen molar-refractivity contribution in [1.29, 1.82) is 0 Å². The van der Waals surface area contributed by atoms with Gasteiger partial charge in [-0.15, -0.1) is 0 Å². The van der Waals surface area contributed by atoms with Gasteiger partial charge in [-0.1, -0.05) is 30.3 Å². The summed E-state index contributed by atoms with van der Waals surface area (Å²) >= 11 is 0. The van der Waals surface area contributed by atoms with Gasteiger partial charge in [-0.2, -0.15) is 4.98 Å². The van der Waals surface area contributed by atoms with E-state index in [1.54, 1.807) is 6.33 Å². The second kappa shape index (κ2) is 9.87. The number of aromatic nitrogens is 3. The summed E-state index contributed by atoms with van der Waals surface area (Å²) < 4.78 is 0. The molecule has 0 saturated carbocycles. The lowest BCUT2D eigenvalue weighted by Crippen LogP contribution is -2.53. The minimum absolute atomic E-state index is 0.114. The summed E-state index contributed by atoms with van der Waals surface area (Å²) in [6.45, 7) is 9.06. The molecule has 0 atom stereocenters. The quantitative estimate of drug-likeness (QED) is 0.789. The molecule has 3 rings (SSSR count). The second-order valence-corrected chi connectivity index (χ2v) is 6.70. The summed E-state index contributed by atoms with van der Waals surface area (Å²) in [7, 11) is 0. The molecule has 2 aromatic rings. The third-order valence-corrected chi connectivity index (χ3v) is 4.97. The van der Waals surface area contributed by atoms with Crippen molar-refractivity contribution in [3.05, 3.63) is 42.2 Å². The van der Waals surface area contributed by atoms with Crippen molar-refractivity contribution in [3.63, 3.8) is 0 Å². The van der Waals surface area contributed by atoms with E-state index in [4.69, 9.17) is 0 Å². The number of piperazine rings is 1. The lowest BCUT2D eigenvalue weighted by Gasteiger charge is -2.37. The number of hydrogen-bond donors (Lipinski definition) is 1. The molecule has 8 heteroatoms. The number of hydrogen-bond acceptors (Lipinski definition) is 6. The van der Waals surface area contributed by atoms with Gasteiger partial charge in [0.2, 0.25) is 11.9 Å². The summed E-state index contributed by atoms with van der Waals surface area (Å²) in [6.07, 6.45) is 2.45. The Morgan fingerprint density at radius 3 is 2.46 bits per heavy atom. The molecule has 0 bridgehead atoms. The molecule has 2 amide bonds. The molecule has 8 nitrogen and oxygen atoms in total. The molecule has 1 aliphatic rings. The van der Waals surface area contributed by atoms with Gasteiger partial charge in [-0.25, -0.2) is 14.8 Å². The first-order chi connectivity index (χ1) is 13.7. The fourth-order valence-electron chi connectivity index (χ4n) is 3.28. The Bertz CT molecular complexity index is 743. The lowest BCUT2D eigenvalue weighted by molar-refractivity contribution is 0.154. The maximum absolute atomic E-state index is 12.5. The van der Waals surface area contributed by atoms with Crippen LogP contribution in [0.25, 0.3) is 0 Å². The van der Waals surface area contributed by atoms with E-state index in [9.17, 15) is 4.79 Å². The number of nitrogens with zero attached hydrogens (tertiary/aromatic N) is 6. The monoisotopic (exact) mass is 383 g/mol. The van der Waals surface area contributed by atoms with E-state index in [1.807, 2.05) is 41.8 Å². The average Bonchev–Trinajstić information content (AvgIpc) is 2.76. The molecule has 1 aliphatic heterocycles. The van der Waals surface area contributed by atoms with Crippen LogP contribution in [-0.4, -0.2) is 76.6 Å². The molecule has 0 spiro atoms. The fourth-order valence-corrected chi connectivity index (χ4v) is 3.28. The maximum atomic E-state index is 12.5. The predicted molar refractivity (Wildman–Crippen MR) is 111 cm³/mol. The van der Waals surface area contributed by atoms with E-state index in [0.29, 0.717) is 25.0 Å². The number of rotatable bonds is 7. The summed E-state index contributed by atoms with van der Waals surface area (Å²) in [5.74, 6) is 1.25. The Morgan fingerprint density at radius 1 is 1.07 bits per heavy atom. The van der Waals surface area contributed by atoms with Crippen LogP contribution in [0.3, 0.4) is 0 Å². The van der Waals surface area contributed by atoms with E-state index >= 15 is 0 Å². The summed E-state index contributed by atoms with van der Waals surface area (Å²) in [6, 6.07) is 10.4. The van der Waals surface area contributed by atoms with Crippen LogP contribution in [0.5, 0.6) is 0 Å². The van der Waals surface area contributed by atoms with Crippen LogP contribution >= 0.6 is 0 Å². The molecular weight excluding hydrogens is 354 g/mol. The summed E-state index contributed by atoms with van der Waals surface area (Å²) in [5, 5.41) is 3.27. The van der Waals surface area contributed by atoms with Gasteiger partial charge in [-0.3, -0.25) is 0 Å². The SMILES string of the molecule is CCN(CC)C(=O)N1CCN(c2ncnc(NCCc3ccccc3)n2)CC1. The van der Waals surface area contributed by atoms with Crippen LogP contribution in [0.4, 0.5) is 16.7 Å². The van der Waals surface area contributed by atoms with Crippen LogP contribution in [0.2, 0.25) is 0 Å². The first kappa shape index (κ1) is 19.9. The first-order valence-corrected chi connectivity index (χ1v) is 9.97. The van der Waals surface area contributed by atoms with E-state index < -0.39 is 0 Å². The molecular formula is C20H29N7O. The molecule has 1 saturated heterocycles. The Morgan fingerprint density at radius 2 is 1.79 bits per heavy atom. The number of benzene rings is 1. The zero-order valence-corrected chi connectivity index (χ0v) is 16.7. The molecule has 28 heavy (non-hydrogen) atoms. The van der Waals surface area contributed by atoms with Gasteiger partial charge in [0, 0.05) is 45.8 Å². The highest BCUT2D eigenvalue weighted by molar-refractivity contribution is 5.74. The molecule has 0 unspecified atom stereocenters. The average molecular weight is 384 g/mol. The highest BCUT2D eigenvalue weighted by Crippen LogP contribution is 2.13. The van der Waals surface area contributed by atoms with Gasteiger partial charge >= 0.3 is 6.03 Å². The number of carbonyl (C=O) groups excluding carboxylic acids is 1. The molecule has 150 valence electrons. The zero-order chi connectivity index (χ0) is 19.8. The minimum atomic E-state index is 0.114. The highest BCUT2D eigenvalue weighted by Gasteiger charge is 2.25. The normalized spacial score (nSPS) is 14.1. The molecule has 2 heterocycles. The predicted octanol–water partition coefficient (Wildman–Crippen LogP) is 2.11. The number of nitrogens with one attached hydrogen (secondary N) is 1. The van der Waals surface area contributed by atoms with Gasteiger partial charge in [0.15, 0.2) is 0 Å². The van der Waals surface area contributed by atoms with Crippen molar-refractivity contribution in [2.24, 2.45) is 0 Å². The zero-order valence-electron chi connectivity index (χ0n) is 16.7. The Balaban J connectivity index is 1.51. The van der Waals surface area contributed by atoms with Crippen molar-refractivity contribution < 1.29 is 4.79 Å². The van der Waals surface area contributed by atoms with Crippen LogP contribution in [0.15, 0.2) is 36.7 Å². The van der Waals surface area contributed by atoms with Crippen LogP contribution in [0.1, 0.15) is 19.4 Å². The fraction of sp³-hybridized carbons (Fsp3) is 0.500. The third kappa shape index (κ3) is 5.09. The molecule has 1 aromatic carbocycles. The lowest BCUT2D eigenvalue weighted by atomic mass is 10.1. The second-order valence-electron chi connectivity index (χ2n) is 6.70. The van der Waals surface area contributed by atoms with Gasteiger partial charge in [0.25, 0.3) is 0 Å². The van der Waals surface area contributed by atoms with Crippen molar-refractivity contribution >= 4 is 17.9 Å². The van der Waals surface area contributed by atoms with E-state index in [0.717, 1.165) is 39.1 Å². The highest BCUT2D eigenvalue weighted by atomic mass is 16.2. The number of amides is 2. The van der Waals surface area contributed by atoms with Gasteiger partial charge in [0.1, 0.15) is 6.33 Å². The summed E-state index contributed by atoms with van der Waals surface area (Å²) in [4.78, 5) is 31.4. The minimum Gasteiger partial charge on any atom is -0.354 e. The molecule has 0 aliphatic carbocycles. The van der Waals surface area contributed by atoms with Gasteiger partial charge < -0.3 is 20.0 Å². The maximum Gasteiger partial charge on any atom is 0.320 e.